The van der Waals surface area contributed by atoms with E-state index in [2.05, 4.69) is 98.9 Å². The molecule has 0 saturated heterocycles. The lowest BCUT2D eigenvalue weighted by molar-refractivity contribution is -0.161. The molecule has 2 unspecified atom stereocenters. The lowest BCUT2D eigenvalue weighted by atomic mass is 10.2. The van der Waals surface area contributed by atoms with E-state index in [-0.39, 0.29) is 32.6 Å². The first-order valence-electron chi connectivity index (χ1n) is 20.8. The van der Waals surface area contributed by atoms with Crippen LogP contribution >= 0.6 is 7.82 Å². The largest absolute Gasteiger partial charge is 0.472 e. The third kappa shape index (κ3) is 40.3. The monoisotopic (exact) mass is 825 g/mol. The van der Waals surface area contributed by atoms with Gasteiger partial charge < -0.3 is 25.2 Å². The van der Waals surface area contributed by atoms with Crippen molar-refractivity contribution in [2.75, 3.05) is 26.4 Å². The van der Waals surface area contributed by atoms with E-state index in [0.717, 1.165) is 57.8 Å². The van der Waals surface area contributed by atoms with Crippen molar-refractivity contribution in [3.05, 3.63) is 134 Å². The first-order valence-corrected chi connectivity index (χ1v) is 22.3. The number of hydrogen-bond donors (Lipinski definition) is 3. The number of aliphatic hydroxyl groups is 1. The molecule has 0 aliphatic heterocycles. The topological polar surface area (TPSA) is 155 Å². The number of phosphoric acid groups is 1. The van der Waals surface area contributed by atoms with Crippen molar-refractivity contribution in [1.29, 1.82) is 0 Å². The summed E-state index contributed by atoms with van der Waals surface area (Å²) >= 11 is 0. The quantitative estimate of drug-likeness (QED) is 0.0183. The maximum absolute atomic E-state index is 12.6. The van der Waals surface area contributed by atoms with E-state index in [4.69, 9.17) is 24.3 Å². The Bertz CT molecular complexity index is 1420. The van der Waals surface area contributed by atoms with Crippen molar-refractivity contribution in [1.82, 2.24) is 0 Å². The van der Waals surface area contributed by atoms with Crippen LogP contribution in [0.4, 0.5) is 0 Å². The van der Waals surface area contributed by atoms with Crippen molar-refractivity contribution < 1.29 is 42.7 Å². The Morgan fingerprint density at radius 3 is 1.64 bits per heavy atom. The number of rotatable bonds is 36. The predicted octanol–water partition coefficient (Wildman–Crippen LogP) is 10.9. The summed E-state index contributed by atoms with van der Waals surface area (Å²) in [4.78, 5) is 34.8. The van der Waals surface area contributed by atoms with Crippen LogP contribution in [0.2, 0.25) is 0 Å². The minimum absolute atomic E-state index is 0.0119. The van der Waals surface area contributed by atoms with Gasteiger partial charge in [0.15, 0.2) is 6.10 Å². The Hall–Kier alpha value is -3.89. The molecule has 0 heterocycles. The molecule has 0 bridgehead atoms. The first-order chi connectivity index (χ1) is 28.2. The van der Waals surface area contributed by atoms with Gasteiger partial charge in [-0.1, -0.05) is 148 Å². The SMILES string of the molecule is CC/C=C\C/C=C\C/C=C\C/C=C\C=C/C(O)C/C=C\CCC(=O)OC[C@H](COP(=O)(O)OCCN)OC(=O)CCC/C=C\C/C=C\C/C=C\C/C=C\C/C=C\CC. The molecule has 0 aliphatic carbocycles. The van der Waals surface area contributed by atoms with Gasteiger partial charge in [0, 0.05) is 19.4 Å². The van der Waals surface area contributed by atoms with Crippen LogP contribution in [0, 0.1) is 0 Å². The van der Waals surface area contributed by atoms with E-state index in [0.29, 0.717) is 25.7 Å². The standard InChI is InChI=1S/C47H72NO9P/c1-3-5-7-9-11-13-15-17-18-19-20-22-24-26-28-30-34-39-47(51)57-45(43-56-58(52,53)55-41-40-48)42-54-46(50)38-35-31-33-37-44(49)36-32-29-27-25-23-21-16-14-12-10-8-6-4-2/h5-8,11-14,17-18,20-23,26-29,31-33,36,44-45,49H,3-4,9-10,15-16,19,24-25,30,34-35,37-43,48H2,1-2H3,(H,52,53)/b7-5-,8-6-,13-11-,14-12-,18-17-,22-20-,23-21-,28-26-,29-27-,33-31-,36-32-/t44?,45-/m1/s1. The number of aliphatic hydroxyl groups excluding tert-OH is 1. The molecule has 0 aliphatic rings. The minimum Gasteiger partial charge on any atom is -0.462 e. The molecule has 324 valence electrons. The number of ether oxygens (including phenoxy) is 2. The third-order valence-electron chi connectivity index (χ3n) is 7.63. The number of hydrogen-bond acceptors (Lipinski definition) is 9. The van der Waals surface area contributed by atoms with Crippen molar-refractivity contribution in [2.45, 2.75) is 122 Å². The van der Waals surface area contributed by atoms with Gasteiger partial charge in [0.1, 0.15) is 6.61 Å². The fourth-order valence-electron chi connectivity index (χ4n) is 4.60. The van der Waals surface area contributed by atoms with Gasteiger partial charge in [0.25, 0.3) is 0 Å². The Labute approximate surface area is 349 Å². The zero-order valence-corrected chi connectivity index (χ0v) is 36.0. The van der Waals surface area contributed by atoms with E-state index in [1.54, 1.807) is 18.2 Å². The molecule has 0 spiro atoms. The van der Waals surface area contributed by atoms with Crippen LogP contribution in [0.15, 0.2) is 134 Å². The average molecular weight is 826 g/mol. The molecule has 0 aromatic rings. The molecule has 0 aromatic carbocycles. The van der Waals surface area contributed by atoms with E-state index < -0.39 is 38.6 Å². The van der Waals surface area contributed by atoms with Crippen LogP contribution in [-0.4, -0.2) is 60.5 Å². The number of nitrogens with two attached hydrogens (primary N) is 1. The highest BCUT2D eigenvalue weighted by Gasteiger charge is 2.25. The summed E-state index contributed by atoms with van der Waals surface area (Å²) in [6.07, 6.45) is 53.8. The molecule has 58 heavy (non-hydrogen) atoms. The van der Waals surface area contributed by atoms with Crippen LogP contribution in [-0.2, 0) is 32.7 Å². The average Bonchev–Trinajstić information content (AvgIpc) is 3.20. The molecule has 0 amide bonds. The van der Waals surface area contributed by atoms with Crippen LogP contribution in [0.5, 0.6) is 0 Å². The van der Waals surface area contributed by atoms with E-state index in [1.165, 1.54) is 0 Å². The number of allylic oxidation sites excluding steroid dienone is 20. The highest BCUT2D eigenvalue weighted by atomic mass is 31.2. The smallest absolute Gasteiger partial charge is 0.462 e. The molecule has 0 fully saturated rings. The van der Waals surface area contributed by atoms with Gasteiger partial charge in [-0.25, -0.2) is 4.57 Å². The van der Waals surface area contributed by atoms with Crippen molar-refractivity contribution >= 4 is 19.8 Å². The number of phosphoric ester groups is 1. The van der Waals surface area contributed by atoms with Crippen LogP contribution in [0.25, 0.3) is 0 Å². The third-order valence-corrected chi connectivity index (χ3v) is 8.61. The second-order valence-electron chi connectivity index (χ2n) is 12.9. The Balaban J connectivity index is 4.53. The summed E-state index contributed by atoms with van der Waals surface area (Å²) in [6, 6.07) is 0. The second kappa shape index (κ2) is 41.3. The van der Waals surface area contributed by atoms with Crippen LogP contribution in [0.1, 0.15) is 110 Å². The fraction of sp³-hybridized carbons (Fsp3) is 0.489. The molecule has 0 rings (SSSR count). The zero-order chi connectivity index (χ0) is 42.6. The van der Waals surface area contributed by atoms with Crippen LogP contribution in [0.3, 0.4) is 0 Å². The summed E-state index contributed by atoms with van der Waals surface area (Å²) in [5.74, 6) is -1.10. The van der Waals surface area contributed by atoms with Crippen molar-refractivity contribution in [3.63, 3.8) is 0 Å². The maximum Gasteiger partial charge on any atom is 0.472 e. The summed E-state index contributed by atoms with van der Waals surface area (Å²) in [7, 11) is -4.44. The maximum atomic E-state index is 12.6. The molecule has 11 heteroatoms. The zero-order valence-electron chi connectivity index (χ0n) is 35.1. The molecule has 0 radical (unpaired) electrons. The first kappa shape index (κ1) is 54.1. The highest BCUT2D eigenvalue weighted by molar-refractivity contribution is 7.47. The van der Waals surface area contributed by atoms with Crippen molar-refractivity contribution in [3.8, 4) is 0 Å². The summed E-state index contributed by atoms with van der Waals surface area (Å²) in [6.45, 7) is 3.19. The highest BCUT2D eigenvalue weighted by Crippen LogP contribution is 2.43. The van der Waals surface area contributed by atoms with E-state index >= 15 is 0 Å². The van der Waals surface area contributed by atoms with Crippen LogP contribution < -0.4 is 5.73 Å². The summed E-state index contributed by atoms with van der Waals surface area (Å²) in [5.41, 5.74) is 5.33. The number of carbonyl (C=O) groups excluding carboxylic acids is 2. The summed E-state index contributed by atoms with van der Waals surface area (Å²) < 4.78 is 32.5. The Kier molecular flexibility index (Phi) is 38.5. The lowest BCUT2D eigenvalue weighted by Gasteiger charge is -2.19. The normalized spacial score (nSPS) is 15.2. The molecule has 4 N–H and O–H groups in total. The molecule has 0 aromatic heterocycles. The van der Waals surface area contributed by atoms with E-state index in [9.17, 15) is 24.2 Å². The molecular formula is C47H72NO9P. The van der Waals surface area contributed by atoms with Gasteiger partial charge in [-0.3, -0.25) is 18.6 Å². The molecule has 10 nitrogen and oxygen atoms in total. The van der Waals surface area contributed by atoms with Gasteiger partial charge in [0.05, 0.1) is 19.3 Å². The molecule has 0 saturated carbocycles. The van der Waals surface area contributed by atoms with Gasteiger partial charge in [-0.05, 0) is 83.5 Å². The number of carbonyl (C=O) groups is 2. The van der Waals surface area contributed by atoms with Gasteiger partial charge in [-0.2, -0.15) is 0 Å². The molecule has 3 atom stereocenters. The Morgan fingerprint density at radius 1 is 0.603 bits per heavy atom. The number of unbranched alkanes of at least 4 members (excludes halogenated alkanes) is 1. The van der Waals surface area contributed by atoms with Gasteiger partial charge >= 0.3 is 19.8 Å². The van der Waals surface area contributed by atoms with Gasteiger partial charge in [-0.15, -0.1) is 0 Å². The van der Waals surface area contributed by atoms with Crippen molar-refractivity contribution in [2.24, 2.45) is 5.73 Å². The predicted molar refractivity (Wildman–Crippen MR) is 239 cm³/mol. The lowest BCUT2D eigenvalue weighted by Crippen LogP contribution is -2.29. The minimum atomic E-state index is -4.44. The van der Waals surface area contributed by atoms with Gasteiger partial charge in [0.2, 0.25) is 0 Å². The summed E-state index contributed by atoms with van der Waals surface area (Å²) in [5, 5.41) is 10.2. The molecular weight excluding hydrogens is 753 g/mol. The second-order valence-corrected chi connectivity index (χ2v) is 14.4. The fourth-order valence-corrected chi connectivity index (χ4v) is 5.37. The van der Waals surface area contributed by atoms with E-state index in [1.807, 2.05) is 30.4 Å². The Morgan fingerprint density at radius 2 is 1.10 bits per heavy atom. The number of esters is 2.